The van der Waals surface area contributed by atoms with Gasteiger partial charge in [-0.15, -0.1) is 0 Å². The van der Waals surface area contributed by atoms with Crippen molar-refractivity contribution in [3.63, 3.8) is 0 Å². The molecule has 0 N–H and O–H groups in total. The fraction of sp³-hybridized carbons (Fsp3) is 0.333. The predicted molar refractivity (Wildman–Crippen MR) is 88.4 cm³/mol. The summed E-state index contributed by atoms with van der Waals surface area (Å²) in [6.45, 7) is 4.26. The van der Waals surface area contributed by atoms with Crippen molar-refractivity contribution in [3.8, 4) is 0 Å². The number of methoxy groups -OCH3 is 1. The molecule has 0 spiro atoms. The van der Waals surface area contributed by atoms with E-state index in [1.54, 1.807) is 0 Å². The summed E-state index contributed by atoms with van der Waals surface area (Å²) in [5.41, 5.74) is -0.898. The van der Waals surface area contributed by atoms with Crippen molar-refractivity contribution in [2.45, 2.75) is 32.9 Å². The van der Waals surface area contributed by atoms with Gasteiger partial charge in [-0.25, -0.2) is 4.79 Å². The highest BCUT2D eigenvalue weighted by Crippen LogP contribution is 2.44. The van der Waals surface area contributed by atoms with Crippen molar-refractivity contribution in [1.29, 1.82) is 0 Å². The van der Waals surface area contributed by atoms with E-state index in [2.05, 4.69) is 0 Å². The van der Waals surface area contributed by atoms with Crippen LogP contribution in [-0.4, -0.2) is 18.9 Å². The van der Waals surface area contributed by atoms with E-state index in [9.17, 15) is 22.8 Å². The highest BCUT2D eigenvalue weighted by molar-refractivity contribution is 6.31. The fourth-order valence-corrected chi connectivity index (χ4v) is 3.21. The van der Waals surface area contributed by atoms with E-state index in [1.807, 2.05) is 0 Å². The third kappa shape index (κ3) is 3.62. The lowest BCUT2D eigenvalue weighted by molar-refractivity contribution is -0.137. The van der Waals surface area contributed by atoms with E-state index in [4.69, 9.17) is 21.1 Å². The summed E-state index contributed by atoms with van der Waals surface area (Å²) in [6, 6.07) is 3.28. The Morgan fingerprint density at radius 3 is 2.23 bits per heavy atom. The van der Waals surface area contributed by atoms with E-state index in [0.717, 1.165) is 19.2 Å². The van der Waals surface area contributed by atoms with Gasteiger partial charge in [0.15, 0.2) is 5.78 Å². The highest BCUT2D eigenvalue weighted by atomic mass is 35.5. The Kier molecular flexibility index (Phi) is 5.51. The van der Waals surface area contributed by atoms with Crippen LogP contribution in [0.1, 0.15) is 37.8 Å². The van der Waals surface area contributed by atoms with Crippen LogP contribution in [0.4, 0.5) is 13.2 Å². The summed E-state index contributed by atoms with van der Waals surface area (Å²) in [5, 5.41) is -0.473. The lowest BCUT2D eigenvalue weighted by Crippen LogP contribution is -2.25. The number of alkyl halides is 3. The molecule has 0 aromatic heterocycles. The lowest BCUT2D eigenvalue weighted by atomic mass is 9.80. The van der Waals surface area contributed by atoms with Crippen LogP contribution in [0.5, 0.6) is 0 Å². The van der Waals surface area contributed by atoms with Crippen LogP contribution in [-0.2, 0) is 25.2 Å². The molecule has 1 aliphatic heterocycles. The first-order valence-corrected chi connectivity index (χ1v) is 7.92. The number of benzene rings is 1. The molecule has 1 aliphatic rings. The number of rotatable bonds is 3. The minimum Gasteiger partial charge on any atom is -0.466 e. The van der Waals surface area contributed by atoms with Gasteiger partial charge in [-0.1, -0.05) is 17.7 Å². The molecule has 8 heteroatoms. The Balaban J connectivity index is 2.77. The minimum absolute atomic E-state index is 0.0289. The summed E-state index contributed by atoms with van der Waals surface area (Å²) < 4.78 is 49.9. The fourth-order valence-electron chi connectivity index (χ4n) is 2.99. The zero-order valence-electron chi connectivity index (χ0n) is 14.5. The SMILES string of the molecule is COC(=O)C1=C(C)OC(C)=C(C(C)=O)[C@H]1c1ccc(Cl)c(C(F)(F)F)c1. The normalized spacial score (nSPS) is 17.9. The zero-order chi connectivity index (χ0) is 19.8. The van der Waals surface area contributed by atoms with Crippen molar-refractivity contribution < 1.29 is 32.2 Å². The summed E-state index contributed by atoms with van der Waals surface area (Å²) in [6.07, 6.45) is -4.68. The quantitative estimate of drug-likeness (QED) is 0.699. The molecule has 0 unspecified atom stereocenters. The number of allylic oxidation sites excluding steroid dienone is 3. The lowest BCUT2D eigenvalue weighted by Gasteiger charge is -2.29. The number of esters is 1. The molecule has 0 fully saturated rings. The standard InChI is InChI=1S/C18H16ClF3O4/c1-8(23)14-9(2)26-10(3)15(17(24)25-4)16(14)11-5-6-13(19)12(7-11)18(20,21)22/h5-7,16H,1-4H3/t16-/m1/s1. The summed E-state index contributed by atoms with van der Waals surface area (Å²) >= 11 is 5.67. The van der Waals surface area contributed by atoms with Gasteiger partial charge in [0.05, 0.1) is 29.2 Å². The number of halogens is 4. The van der Waals surface area contributed by atoms with Gasteiger partial charge in [0.2, 0.25) is 0 Å². The molecule has 1 aromatic rings. The van der Waals surface area contributed by atoms with Crippen LogP contribution in [0, 0.1) is 0 Å². The van der Waals surface area contributed by atoms with Gasteiger partial charge in [0, 0.05) is 5.57 Å². The summed E-state index contributed by atoms with van der Waals surface area (Å²) in [7, 11) is 1.14. The van der Waals surface area contributed by atoms with Gasteiger partial charge in [-0.05, 0) is 38.5 Å². The monoisotopic (exact) mass is 388 g/mol. The number of hydrogen-bond acceptors (Lipinski definition) is 4. The van der Waals surface area contributed by atoms with Gasteiger partial charge in [-0.2, -0.15) is 13.2 Å². The molecule has 4 nitrogen and oxygen atoms in total. The van der Waals surface area contributed by atoms with Crippen LogP contribution in [0.25, 0.3) is 0 Å². The molecule has 26 heavy (non-hydrogen) atoms. The van der Waals surface area contributed by atoms with E-state index >= 15 is 0 Å². The smallest absolute Gasteiger partial charge is 0.417 e. The first-order chi connectivity index (χ1) is 12.0. The molecule has 1 atom stereocenters. The summed E-state index contributed by atoms with van der Waals surface area (Å²) in [4.78, 5) is 24.4. The van der Waals surface area contributed by atoms with Gasteiger partial charge in [-0.3, -0.25) is 4.79 Å². The Labute approximate surface area is 153 Å². The van der Waals surface area contributed by atoms with E-state index < -0.39 is 34.4 Å². The Morgan fingerprint density at radius 1 is 1.15 bits per heavy atom. The van der Waals surface area contributed by atoms with E-state index in [0.29, 0.717) is 0 Å². The van der Waals surface area contributed by atoms with Gasteiger partial charge in [0.25, 0.3) is 0 Å². The Morgan fingerprint density at radius 2 is 1.73 bits per heavy atom. The maximum absolute atomic E-state index is 13.2. The van der Waals surface area contributed by atoms with Crippen molar-refractivity contribution in [3.05, 3.63) is 57.0 Å². The van der Waals surface area contributed by atoms with Crippen LogP contribution < -0.4 is 0 Å². The molecule has 1 heterocycles. The van der Waals surface area contributed by atoms with Crippen LogP contribution in [0.15, 0.2) is 40.9 Å². The van der Waals surface area contributed by atoms with Gasteiger partial charge < -0.3 is 9.47 Å². The van der Waals surface area contributed by atoms with Crippen LogP contribution in [0.3, 0.4) is 0 Å². The molecule has 0 bridgehead atoms. The average molecular weight is 389 g/mol. The molecule has 0 saturated heterocycles. The Bertz CT molecular complexity index is 837. The van der Waals surface area contributed by atoms with Crippen molar-refractivity contribution in [2.75, 3.05) is 7.11 Å². The molecule has 1 aromatic carbocycles. The summed E-state index contributed by atoms with van der Waals surface area (Å²) in [5.74, 6) is -1.89. The maximum atomic E-state index is 13.2. The highest BCUT2D eigenvalue weighted by Gasteiger charge is 2.39. The van der Waals surface area contributed by atoms with Crippen molar-refractivity contribution in [2.24, 2.45) is 0 Å². The number of carbonyl (C=O) groups is 2. The number of carbonyl (C=O) groups excluding carboxylic acids is 2. The predicted octanol–water partition coefficient (Wildman–Crippen LogP) is 4.78. The molecule has 0 radical (unpaired) electrons. The second-order valence-electron chi connectivity index (χ2n) is 5.76. The largest absolute Gasteiger partial charge is 0.466 e. The topological polar surface area (TPSA) is 52.6 Å². The van der Waals surface area contributed by atoms with E-state index in [-0.39, 0.29) is 28.2 Å². The minimum atomic E-state index is -4.68. The molecule has 0 saturated carbocycles. The Hall–Kier alpha value is -2.28. The van der Waals surface area contributed by atoms with Crippen molar-refractivity contribution in [1.82, 2.24) is 0 Å². The first-order valence-electron chi connectivity index (χ1n) is 7.54. The van der Waals surface area contributed by atoms with E-state index in [1.165, 1.54) is 26.8 Å². The molecule has 140 valence electrons. The second-order valence-corrected chi connectivity index (χ2v) is 6.17. The van der Waals surface area contributed by atoms with Crippen LogP contribution >= 0.6 is 11.6 Å². The van der Waals surface area contributed by atoms with Gasteiger partial charge in [0.1, 0.15) is 11.5 Å². The third-order valence-corrected chi connectivity index (χ3v) is 4.39. The first kappa shape index (κ1) is 20.0. The molecule has 0 amide bonds. The van der Waals surface area contributed by atoms with Crippen molar-refractivity contribution >= 4 is 23.4 Å². The molecule has 0 aliphatic carbocycles. The number of ether oxygens (including phenoxy) is 2. The zero-order valence-corrected chi connectivity index (χ0v) is 15.2. The number of Topliss-reactive ketones (excluding diaryl/α,β-unsaturated/α-hetero) is 1. The number of hydrogen-bond donors (Lipinski definition) is 0. The maximum Gasteiger partial charge on any atom is 0.417 e. The number of ketones is 1. The third-order valence-electron chi connectivity index (χ3n) is 4.06. The van der Waals surface area contributed by atoms with Crippen LogP contribution in [0.2, 0.25) is 5.02 Å². The molecular formula is C18H16ClF3O4. The average Bonchev–Trinajstić information content (AvgIpc) is 2.52. The second kappa shape index (κ2) is 7.15. The molecular weight excluding hydrogens is 373 g/mol. The van der Waals surface area contributed by atoms with Gasteiger partial charge >= 0.3 is 12.1 Å². The molecule has 2 rings (SSSR count).